The number of amides is 2. The van der Waals surface area contributed by atoms with E-state index in [1.165, 1.54) is 17.7 Å². The van der Waals surface area contributed by atoms with E-state index in [2.05, 4.69) is 28.6 Å². The van der Waals surface area contributed by atoms with Crippen molar-refractivity contribution < 1.29 is 9.18 Å². The highest BCUT2D eigenvalue weighted by Gasteiger charge is 2.12. The maximum absolute atomic E-state index is 13.1. The van der Waals surface area contributed by atoms with Crippen LogP contribution in [-0.4, -0.2) is 11.0 Å². The van der Waals surface area contributed by atoms with Gasteiger partial charge in [-0.15, -0.1) is 11.3 Å². The van der Waals surface area contributed by atoms with Crippen LogP contribution < -0.4 is 10.6 Å². The minimum Gasteiger partial charge on any atom is -0.333 e. The molecule has 4 nitrogen and oxygen atoms in total. The molecule has 2 amide bonds. The van der Waals surface area contributed by atoms with Crippen LogP contribution in [0.3, 0.4) is 0 Å². The van der Waals surface area contributed by atoms with Gasteiger partial charge in [-0.25, -0.2) is 14.2 Å². The average molecular weight is 355 g/mol. The fourth-order valence-corrected chi connectivity index (χ4v) is 3.51. The predicted molar refractivity (Wildman–Crippen MR) is 99.3 cm³/mol. The maximum Gasteiger partial charge on any atom is 0.319 e. The van der Waals surface area contributed by atoms with Gasteiger partial charge in [-0.3, -0.25) is 0 Å². The van der Waals surface area contributed by atoms with Gasteiger partial charge in [0.1, 0.15) is 10.8 Å². The molecule has 6 heteroatoms. The normalized spacial score (nSPS) is 10.5. The van der Waals surface area contributed by atoms with Crippen LogP contribution in [-0.2, 0) is 6.54 Å². The van der Waals surface area contributed by atoms with Crippen molar-refractivity contribution in [1.82, 2.24) is 10.3 Å². The SMILES string of the molecule is Cc1ccccc1-c1nc(C)c(CNC(=O)Nc2cccc(F)c2)s1. The largest absolute Gasteiger partial charge is 0.333 e. The van der Waals surface area contributed by atoms with Gasteiger partial charge in [0.05, 0.1) is 12.2 Å². The van der Waals surface area contributed by atoms with Crippen molar-refractivity contribution in [2.24, 2.45) is 0 Å². The number of nitrogens with one attached hydrogen (secondary N) is 2. The zero-order valence-electron chi connectivity index (χ0n) is 14.0. The van der Waals surface area contributed by atoms with Crippen LogP contribution in [0, 0.1) is 19.7 Å². The van der Waals surface area contributed by atoms with Crippen molar-refractivity contribution in [3.63, 3.8) is 0 Å². The van der Waals surface area contributed by atoms with Gasteiger partial charge >= 0.3 is 6.03 Å². The Labute approximate surface area is 149 Å². The number of anilines is 1. The summed E-state index contributed by atoms with van der Waals surface area (Å²) >= 11 is 1.56. The van der Waals surface area contributed by atoms with Crippen LogP contribution in [0.15, 0.2) is 48.5 Å². The molecule has 128 valence electrons. The first-order valence-electron chi connectivity index (χ1n) is 7.85. The monoisotopic (exact) mass is 355 g/mol. The molecule has 0 unspecified atom stereocenters. The van der Waals surface area contributed by atoms with E-state index in [4.69, 9.17) is 0 Å². The number of nitrogens with zero attached hydrogens (tertiary/aromatic N) is 1. The van der Waals surface area contributed by atoms with Crippen LogP contribution in [0.5, 0.6) is 0 Å². The lowest BCUT2D eigenvalue weighted by atomic mass is 10.1. The topological polar surface area (TPSA) is 54.0 Å². The Kier molecular flexibility index (Phi) is 5.09. The van der Waals surface area contributed by atoms with Crippen LogP contribution in [0.4, 0.5) is 14.9 Å². The van der Waals surface area contributed by atoms with Crippen LogP contribution in [0.1, 0.15) is 16.1 Å². The lowest BCUT2D eigenvalue weighted by Gasteiger charge is -2.07. The van der Waals surface area contributed by atoms with Crippen LogP contribution in [0.25, 0.3) is 10.6 Å². The number of carbonyl (C=O) groups is 1. The highest BCUT2D eigenvalue weighted by molar-refractivity contribution is 7.15. The van der Waals surface area contributed by atoms with Crippen molar-refractivity contribution in [3.05, 3.63) is 70.5 Å². The summed E-state index contributed by atoms with van der Waals surface area (Å²) < 4.78 is 13.1. The molecule has 1 heterocycles. The molecule has 0 radical (unpaired) electrons. The summed E-state index contributed by atoms with van der Waals surface area (Å²) in [6.07, 6.45) is 0. The van der Waals surface area contributed by atoms with Gasteiger partial charge in [0.25, 0.3) is 0 Å². The summed E-state index contributed by atoms with van der Waals surface area (Å²) in [5.74, 6) is -0.390. The van der Waals surface area contributed by atoms with Crippen molar-refractivity contribution >= 4 is 23.1 Å². The molecule has 0 aliphatic rings. The number of halogens is 1. The van der Waals surface area contributed by atoms with E-state index in [0.29, 0.717) is 12.2 Å². The molecule has 2 N–H and O–H groups in total. The maximum atomic E-state index is 13.1. The molecule has 0 saturated heterocycles. The number of benzene rings is 2. The Bertz CT molecular complexity index is 907. The number of carbonyl (C=O) groups excluding carboxylic acids is 1. The van der Waals surface area contributed by atoms with E-state index in [9.17, 15) is 9.18 Å². The Balaban J connectivity index is 1.66. The van der Waals surface area contributed by atoms with E-state index < -0.39 is 0 Å². The third-order valence-corrected chi connectivity index (χ3v) is 4.95. The second-order valence-corrected chi connectivity index (χ2v) is 6.74. The highest BCUT2D eigenvalue weighted by Crippen LogP contribution is 2.29. The summed E-state index contributed by atoms with van der Waals surface area (Å²) in [6.45, 7) is 4.35. The van der Waals surface area contributed by atoms with E-state index >= 15 is 0 Å². The van der Waals surface area contributed by atoms with E-state index in [-0.39, 0.29) is 11.8 Å². The average Bonchev–Trinajstić information content (AvgIpc) is 2.94. The highest BCUT2D eigenvalue weighted by atomic mass is 32.1. The Hall–Kier alpha value is -2.73. The number of hydrogen-bond donors (Lipinski definition) is 2. The predicted octanol–water partition coefficient (Wildman–Crippen LogP) is 4.89. The second-order valence-electron chi connectivity index (χ2n) is 5.66. The molecular formula is C19H18FN3OS. The van der Waals surface area contributed by atoms with Crippen LogP contribution in [0.2, 0.25) is 0 Å². The Morgan fingerprint density at radius 3 is 2.72 bits per heavy atom. The summed E-state index contributed by atoms with van der Waals surface area (Å²) in [5.41, 5.74) is 3.58. The standard InChI is InChI=1S/C19H18FN3OS/c1-12-6-3-4-9-16(12)18-22-13(2)17(25-18)11-21-19(24)23-15-8-5-7-14(20)10-15/h3-10H,11H2,1-2H3,(H2,21,23,24). The molecule has 0 spiro atoms. The first-order chi connectivity index (χ1) is 12.0. The van der Waals surface area contributed by atoms with Gasteiger partial charge in [0.2, 0.25) is 0 Å². The fraction of sp³-hybridized carbons (Fsp3) is 0.158. The van der Waals surface area contributed by atoms with Gasteiger partial charge < -0.3 is 10.6 Å². The lowest BCUT2D eigenvalue weighted by molar-refractivity contribution is 0.252. The first kappa shape index (κ1) is 17.1. The third kappa shape index (κ3) is 4.22. The zero-order valence-corrected chi connectivity index (χ0v) is 14.8. The zero-order chi connectivity index (χ0) is 17.8. The Morgan fingerprint density at radius 2 is 1.96 bits per heavy atom. The van der Waals surface area contributed by atoms with Crippen molar-refractivity contribution in [3.8, 4) is 10.6 Å². The Morgan fingerprint density at radius 1 is 1.16 bits per heavy atom. The molecule has 25 heavy (non-hydrogen) atoms. The minimum absolute atomic E-state index is 0.372. The summed E-state index contributed by atoms with van der Waals surface area (Å²) in [5, 5.41) is 6.34. The van der Waals surface area contributed by atoms with Gasteiger partial charge in [0.15, 0.2) is 0 Å². The van der Waals surface area contributed by atoms with E-state index in [0.717, 1.165) is 21.1 Å². The molecular weight excluding hydrogens is 337 g/mol. The van der Waals surface area contributed by atoms with Crippen molar-refractivity contribution in [1.29, 1.82) is 0 Å². The molecule has 0 aliphatic heterocycles. The van der Waals surface area contributed by atoms with Gasteiger partial charge in [-0.2, -0.15) is 0 Å². The second kappa shape index (κ2) is 7.44. The third-order valence-electron chi connectivity index (χ3n) is 3.76. The summed E-state index contributed by atoms with van der Waals surface area (Å²) in [7, 11) is 0. The number of urea groups is 1. The quantitative estimate of drug-likeness (QED) is 0.700. The molecule has 2 aromatic carbocycles. The number of aryl methyl sites for hydroxylation is 2. The fourth-order valence-electron chi connectivity index (χ4n) is 2.42. The number of aromatic nitrogens is 1. The number of thiazole rings is 1. The molecule has 0 aliphatic carbocycles. The van der Waals surface area contributed by atoms with Gasteiger partial charge in [0, 0.05) is 16.1 Å². The van der Waals surface area contributed by atoms with E-state index in [1.54, 1.807) is 23.5 Å². The molecule has 1 aromatic heterocycles. The molecule has 0 saturated carbocycles. The molecule has 3 aromatic rings. The van der Waals surface area contributed by atoms with Crippen molar-refractivity contribution in [2.45, 2.75) is 20.4 Å². The lowest BCUT2D eigenvalue weighted by Crippen LogP contribution is -2.28. The van der Waals surface area contributed by atoms with E-state index in [1.807, 2.05) is 25.1 Å². The van der Waals surface area contributed by atoms with Crippen molar-refractivity contribution in [2.75, 3.05) is 5.32 Å². The summed E-state index contributed by atoms with van der Waals surface area (Å²) in [6, 6.07) is 13.5. The van der Waals surface area contributed by atoms with Gasteiger partial charge in [-0.05, 0) is 37.6 Å². The summed E-state index contributed by atoms with van der Waals surface area (Å²) in [4.78, 5) is 17.6. The molecule has 3 rings (SSSR count). The van der Waals surface area contributed by atoms with Crippen LogP contribution >= 0.6 is 11.3 Å². The molecule has 0 bridgehead atoms. The first-order valence-corrected chi connectivity index (χ1v) is 8.67. The molecule has 0 fully saturated rings. The smallest absolute Gasteiger partial charge is 0.319 e. The number of rotatable bonds is 4. The minimum atomic E-state index is -0.390. The number of hydrogen-bond acceptors (Lipinski definition) is 3. The molecule has 0 atom stereocenters. The van der Waals surface area contributed by atoms with Gasteiger partial charge in [-0.1, -0.05) is 30.3 Å².